The number of rotatable bonds is 6. The van der Waals surface area contributed by atoms with Crippen LogP contribution in [-0.4, -0.2) is 54.4 Å². The van der Waals surface area contributed by atoms with Gasteiger partial charge in [0.1, 0.15) is 5.82 Å². The van der Waals surface area contributed by atoms with Gasteiger partial charge in [-0.25, -0.2) is 4.39 Å². The molecule has 0 saturated carbocycles. The summed E-state index contributed by atoms with van der Waals surface area (Å²) in [6.07, 6.45) is 0.00556. The number of halogens is 1. The van der Waals surface area contributed by atoms with Gasteiger partial charge in [-0.2, -0.15) is 0 Å². The van der Waals surface area contributed by atoms with Crippen molar-refractivity contribution in [2.75, 3.05) is 37.6 Å². The molecule has 1 N–H and O–H groups in total. The molecule has 2 aromatic carbocycles. The van der Waals surface area contributed by atoms with Crippen molar-refractivity contribution in [1.29, 1.82) is 0 Å². The van der Waals surface area contributed by atoms with Crippen molar-refractivity contribution in [3.8, 4) is 0 Å². The maximum atomic E-state index is 13.2. The second kappa shape index (κ2) is 9.13. The van der Waals surface area contributed by atoms with Gasteiger partial charge in [-0.15, -0.1) is 0 Å². The van der Waals surface area contributed by atoms with E-state index in [1.807, 2.05) is 4.90 Å². The number of nitro benzene ring substituents is 1. The first-order valence-electron chi connectivity index (χ1n) is 9.21. The average Bonchev–Trinajstić information content (AvgIpc) is 2.72. The maximum absolute atomic E-state index is 13.2. The van der Waals surface area contributed by atoms with E-state index in [9.17, 15) is 24.1 Å². The van der Waals surface area contributed by atoms with Crippen LogP contribution in [0.1, 0.15) is 5.56 Å². The molecule has 3 rings (SSSR count). The molecule has 0 bridgehead atoms. The van der Waals surface area contributed by atoms with Crippen molar-refractivity contribution in [2.24, 2.45) is 0 Å². The fourth-order valence-corrected chi connectivity index (χ4v) is 3.20. The Morgan fingerprint density at radius 2 is 1.79 bits per heavy atom. The SMILES string of the molecule is O=C(Cc1cccc(F)c1)NCC(=O)N1CCN(c2cccc([N+](=O)[O-])c2)CC1. The molecule has 152 valence electrons. The monoisotopic (exact) mass is 400 g/mol. The zero-order valence-corrected chi connectivity index (χ0v) is 15.7. The number of anilines is 1. The Hall–Kier alpha value is -3.49. The van der Waals surface area contributed by atoms with Gasteiger partial charge >= 0.3 is 0 Å². The van der Waals surface area contributed by atoms with E-state index in [0.29, 0.717) is 31.7 Å². The molecule has 0 atom stereocenters. The Labute approximate surface area is 167 Å². The molecule has 1 aliphatic heterocycles. The molecule has 2 amide bonds. The van der Waals surface area contributed by atoms with Gasteiger partial charge in [0, 0.05) is 44.0 Å². The number of amides is 2. The molecule has 29 heavy (non-hydrogen) atoms. The summed E-state index contributed by atoms with van der Waals surface area (Å²) in [5, 5.41) is 13.5. The third kappa shape index (κ3) is 5.50. The third-order valence-corrected chi connectivity index (χ3v) is 4.73. The summed E-state index contributed by atoms with van der Waals surface area (Å²) in [4.78, 5) is 38.4. The van der Waals surface area contributed by atoms with Gasteiger partial charge in [0.25, 0.3) is 5.69 Å². The Kier molecular flexibility index (Phi) is 6.38. The molecule has 1 heterocycles. The molecule has 1 aliphatic rings. The van der Waals surface area contributed by atoms with Gasteiger partial charge in [-0.3, -0.25) is 19.7 Å². The number of non-ortho nitro benzene ring substituents is 1. The number of benzene rings is 2. The van der Waals surface area contributed by atoms with Gasteiger partial charge in [0.05, 0.1) is 17.9 Å². The molecule has 0 unspecified atom stereocenters. The van der Waals surface area contributed by atoms with E-state index in [0.717, 1.165) is 5.69 Å². The highest BCUT2D eigenvalue weighted by Gasteiger charge is 2.22. The zero-order chi connectivity index (χ0) is 20.8. The first-order valence-corrected chi connectivity index (χ1v) is 9.21. The molecule has 0 radical (unpaired) electrons. The Morgan fingerprint density at radius 3 is 2.48 bits per heavy atom. The van der Waals surface area contributed by atoms with Gasteiger partial charge < -0.3 is 15.1 Å². The van der Waals surface area contributed by atoms with Crippen LogP contribution >= 0.6 is 0 Å². The van der Waals surface area contributed by atoms with Crippen molar-refractivity contribution in [3.63, 3.8) is 0 Å². The predicted molar refractivity (Wildman–Crippen MR) is 105 cm³/mol. The number of nitrogens with zero attached hydrogens (tertiary/aromatic N) is 3. The van der Waals surface area contributed by atoms with Crippen LogP contribution < -0.4 is 10.2 Å². The number of nitrogens with one attached hydrogen (secondary N) is 1. The zero-order valence-electron chi connectivity index (χ0n) is 15.7. The summed E-state index contributed by atoms with van der Waals surface area (Å²) in [5.41, 5.74) is 1.32. The van der Waals surface area contributed by atoms with E-state index in [1.165, 1.54) is 30.3 Å². The van der Waals surface area contributed by atoms with Crippen molar-refractivity contribution >= 4 is 23.2 Å². The molecule has 1 fully saturated rings. The Bertz CT molecular complexity index is 913. The molecule has 0 aliphatic carbocycles. The highest BCUT2D eigenvalue weighted by atomic mass is 19.1. The van der Waals surface area contributed by atoms with E-state index >= 15 is 0 Å². The minimum Gasteiger partial charge on any atom is -0.368 e. The van der Waals surface area contributed by atoms with Crippen molar-refractivity contribution < 1.29 is 18.9 Å². The van der Waals surface area contributed by atoms with Crippen molar-refractivity contribution in [2.45, 2.75) is 6.42 Å². The highest BCUT2D eigenvalue weighted by molar-refractivity contribution is 5.85. The molecule has 9 heteroatoms. The Morgan fingerprint density at radius 1 is 1.07 bits per heavy atom. The van der Waals surface area contributed by atoms with Crippen LogP contribution in [0.4, 0.5) is 15.8 Å². The molecule has 0 spiro atoms. The minimum absolute atomic E-state index is 0.00556. The van der Waals surface area contributed by atoms with Crippen molar-refractivity contribution in [1.82, 2.24) is 10.2 Å². The summed E-state index contributed by atoms with van der Waals surface area (Å²) < 4.78 is 13.2. The summed E-state index contributed by atoms with van der Waals surface area (Å²) in [6.45, 7) is 1.89. The lowest BCUT2D eigenvalue weighted by atomic mass is 10.1. The predicted octanol–water partition coefficient (Wildman–Crippen LogP) is 1.74. The van der Waals surface area contributed by atoms with Crippen LogP contribution in [0.25, 0.3) is 0 Å². The van der Waals surface area contributed by atoms with Crippen LogP contribution in [0, 0.1) is 15.9 Å². The van der Waals surface area contributed by atoms with E-state index < -0.39 is 10.7 Å². The van der Waals surface area contributed by atoms with Crippen LogP contribution in [0.15, 0.2) is 48.5 Å². The third-order valence-electron chi connectivity index (χ3n) is 4.73. The number of carbonyl (C=O) groups excluding carboxylic acids is 2. The normalized spacial score (nSPS) is 13.8. The van der Waals surface area contributed by atoms with Crippen LogP contribution in [-0.2, 0) is 16.0 Å². The lowest BCUT2D eigenvalue weighted by Gasteiger charge is -2.36. The number of hydrogen-bond acceptors (Lipinski definition) is 5. The first kappa shape index (κ1) is 20.2. The average molecular weight is 400 g/mol. The van der Waals surface area contributed by atoms with Crippen LogP contribution in [0.3, 0.4) is 0 Å². The highest BCUT2D eigenvalue weighted by Crippen LogP contribution is 2.22. The lowest BCUT2D eigenvalue weighted by Crippen LogP contribution is -2.51. The summed E-state index contributed by atoms with van der Waals surface area (Å²) in [7, 11) is 0. The molecule has 8 nitrogen and oxygen atoms in total. The number of carbonyl (C=O) groups is 2. The largest absolute Gasteiger partial charge is 0.368 e. The number of piperazine rings is 1. The summed E-state index contributed by atoms with van der Waals surface area (Å²) >= 11 is 0. The van der Waals surface area contributed by atoms with E-state index in [-0.39, 0.29) is 30.5 Å². The smallest absolute Gasteiger partial charge is 0.271 e. The summed E-state index contributed by atoms with van der Waals surface area (Å²) in [6, 6.07) is 12.2. The van der Waals surface area contributed by atoms with E-state index in [2.05, 4.69) is 5.32 Å². The first-order chi connectivity index (χ1) is 13.9. The second-order valence-corrected chi connectivity index (χ2v) is 6.73. The molecule has 1 saturated heterocycles. The van der Waals surface area contributed by atoms with Gasteiger partial charge in [-0.1, -0.05) is 18.2 Å². The van der Waals surface area contributed by atoms with Crippen LogP contribution in [0.2, 0.25) is 0 Å². The fraction of sp³-hybridized carbons (Fsp3) is 0.300. The fourth-order valence-electron chi connectivity index (χ4n) is 3.20. The summed E-state index contributed by atoms with van der Waals surface area (Å²) in [5.74, 6) is -0.955. The van der Waals surface area contributed by atoms with Crippen molar-refractivity contribution in [3.05, 3.63) is 70.0 Å². The lowest BCUT2D eigenvalue weighted by molar-refractivity contribution is -0.384. The minimum atomic E-state index is -0.435. The second-order valence-electron chi connectivity index (χ2n) is 6.73. The van der Waals surface area contributed by atoms with Gasteiger partial charge in [0.2, 0.25) is 11.8 Å². The molecular weight excluding hydrogens is 379 g/mol. The number of nitro groups is 1. The topological polar surface area (TPSA) is 95.8 Å². The van der Waals surface area contributed by atoms with E-state index in [4.69, 9.17) is 0 Å². The maximum Gasteiger partial charge on any atom is 0.271 e. The van der Waals surface area contributed by atoms with Gasteiger partial charge in [-0.05, 0) is 23.8 Å². The quantitative estimate of drug-likeness (QED) is 0.589. The molecule has 2 aromatic rings. The van der Waals surface area contributed by atoms with Crippen LogP contribution in [0.5, 0.6) is 0 Å². The number of hydrogen-bond donors (Lipinski definition) is 1. The van der Waals surface area contributed by atoms with Gasteiger partial charge in [0.15, 0.2) is 0 Å². The molecular formula is C20H21FN4O4. The van der Waals surface area contributed by atoms with E-state index in [1.54, 1.807) is 23.1 Å². The Balaban J connectivity index is 1.45. The standard InChI is InChI=1S/C20H21FN4O4/c21-16-4-1-3-15(11-16)12-19(26)22-14-20(27)24-9-7-23(8-10-24)17-5-2-6-18(13-17)25(28)29/h1-6,11,13H,7-10,12,14H2,(H,22,26). The molecule has 0 aromatic heterocycles.